The maximum Gasteiger partial charge on any atom is 0.123 e. The summed E-state index contributed by atoms with van der Waals surface area (Å²) >= 11 is 0. The van der Waals surface area contributed by atoms with Gasteiger partial charge in [-0.15, -0.1) is 0 Å². The van der Waals surface area contributed by atoms with Crippen LogP contribution in [0.2, 0.25) is 0 Å². The molecule has 106 valence electrons. The summed E-state index contributed by atoms with van der Waals surface area (Å²) in [5.41, 5.74) is 4.88. The lowest BCUT2D eigenvalue weighted by Crippen LogP contribution is -2.23. The van der Waals surface area contributed by atoms with Crippen molar-refractivity contribution in [3.8, 4) is 0 Å². The fourth-order valence-electron chi connectivity index (χ4n) is 2.44. The lowest BCUT2D eigenvalue weighted by atomic mass is 9.96. The SMILES string of the molecule is CCNC(Cc1cccc(F)c1)c1ccc(C)c(C)c1. The first-order chi connectivity index (χ1) is 9.60. The first kappa shape index (κ1) is 14.7. The highest BCUT2D eigenvalue weighted by Crippen LogP contribution is 2.21. The number of halogens is 1. The summed E-state index contributed by atoms with van der Waals surface area (Å²) in [6, 6.07) is 13.6. The zero-order valence-electron chi connectivity index (χ0n) is 12.4. The van der Waals surface area contributed by atoms with E-state index >= 15 is 0 Å². The highest BCUT2D eigenvalue weighted by molar-refractivity contribution is 5.33. The third-order valence-electron chi connectivity index (χ3n) is 3.71. The van der Waals surface area contributed by atoms with Gasteiger partial charge in [-0.1, -0.05) is 37.3 Å². The fraction of sp³-hybridized carbons (Fsp3) is 0.333. The van der Waals surface area contributed by atoms with Crippen molar-refractivity contribution in [3.05, 3.63) is 70.5 Å². The van der Waals surface area contributed by atoms with Crippen LogP contribution in [0, 0.1) is 19.7 Å². The largest absolute Gasteiger partial charge is 0.310 e. The lowest BCUT2D eigenvalue weighted by Gasteiger charge is -2.19. The minimum atomic E-state index is -0.169. The molecule has 0 fully saturated rings. The number of aryl methyl sites for hydroxylation is 2. The Bertz CT molecular complexity index is 577. The van der Waals surface area contributed by atoms with E-state index in [4.69, 9.17) is 0 Å². The number of likely N-dealkylation sites (N-methyl/N-ethyl adjacent to an activating group) is 1. The Morgan fingerprint density at radius 2 is 1.85 bits per heavy atom. The molecule has 20 heavy (non-hydrogen) atoms. The molecule has 2 rings (SSSR count). The first-order valence-electron chi connectivity index (χ1n) is 7.15. The Labute approximate surface area is 120 Å². The molecule has 0 aliphatic carbocycles. The molecule has 2 heteroatoms. The summed E-state index contributed by atoms with van der Waals surface area (Å²) in [4.78, 5) is 0. The van der Waals surface area contributed by atoms with Crippen LogP contribution in [0.5, 0.6) is 0 Å². The maximum atomic E-state index is 13.3. The zero-order valence-corrected chi connectivity index (χ0v) is 12.4. The molecular weight excluding hydrogens is 249 g/mol. The molecule has 0 heterocycles. The van der Waals surface area contributed by atoms with Crippen molar-refractivity contribution in [2.45, 2.75) is 33.2 Å². The first-order valence-corrected chi connectivity index (χ1v) is 7.15. The number of rotatable bonds is 5. The van der Waals surface area contributed by atoms with Crippen molar-refractivity contribution in [2.75, 3.05) is 6.54 Å². The molecule has 0 aliphatic heterocycles. The van der Waals surface area contributed by atoms with Crippen LogP contribution in [0.3, 0.4) is 0 Å². The monoisotopic (exact) mass is 271 g/mol. The van der Waals surface area contributed by atoms with Gasteiger partial charge in [0, 0.05) is 6.04 Å². The minimum Gasteiger partial charge on any atom is -0.310 e. The second-order valence-electron chi connectivity index (χ2n) is 5.29. The van der Waals surface area contributed by atoms with E-state index in [0.29, 0.717) is 0 Å². The van der Waals surface area contributed by atoms with Gasteiger partial charge in [0.2, 0.25) is 0 Å². The van der Waals surface area contributed by atoms with Gasteiger partial charge in [-0.2, -0.15) is 0 Å². The standard InChI is InChI=1S/C18H22FN/c1-4-20-18(12-15-6-5-7-17(19)11-15)16-9-8-13(2)14(3)10-16/h5-11,18,20H,4,12H2,1-3H3. The predicted molar refractivity (Wildman–Crippen MR) is 82.4 cm³/mol. The normalized spacial score (nSPS) is 12.4. The number of hydrogen-bond acceptors (Lipinski definition) is 1. The van der Waals surface area contributed by atoms with Crippen LogP contribution in [0.1, 0.15) is 35.2 Å². The molecular formula is C18H22FN. The van der Waals surface area contributed by atoms with Crippen molar-refractivity contribution >= 4 is 0 Å². The van der Waals surface area contributed by atoms with Gasteiger partial charge in [-0.25, -0.2) is 4.39 Å². The Morgan fingerprint density at radius 1 is 1.05 bits per heavy atom. The minimum absolute atomic E-state index is 0.169. The average molecular weight is 271 g/mol. The Kier molecular flexibility index (Phi) is 4.91. The van der Waals surface area contributed by atoms with Crippen molar-refractivity contribution in [1.82, 2.24) is 5.32 Å². The van der Waals surface area contributed by atoms with Crippen molar-refractivity contribution in [1.29, 1.82) is 0 Å². The zero-order chi connectivity index (χ0) is 14.5. The van der Waals surface area contributed by atoms with Gasteiger partial charge in [0.1, 0.15) is 5.82 Å². The molecule has 0 amide bonds. The van der Waals surface area contributed by atoms with Crippen LogP contribution in [-0.2, 0) is 6.42 Å². The van der Waals surface area contributed by atoms with E-state index in [0.717, 1.165) is 18.5 Å². The van der Waals surface area contributed by atoms with E-state index < -0.39 is 0 Å². The van der Waals surface area contributed by atoms with Gasteiger partial charge in [0.05, 0.1) is 0 Å². The van der Waals surface area contributed by atoms with E-state index in [2.05, 4.69) is 44.3 Å². The van der Waals surface area contributed by atoms with Crippen molar-refractivity contribution in [3.63, 3.8) is 0 Å². The van der Waals surface area contributed by atoms with Crippen molar-refractivity contribution < 1.29 is 4.39 Å². The molecule has 0 bridgehead atoms. The summed E-state index contributed by atoms with van der Waals surface area (Å²) < 4.78 is 13.3. The molecule has 1 unspecified atom stereocenters. The fourth-order valence-corrected chi connectivity index (χ4v) is 2.44. The van der Waals surface area contributed by atoms with Crippen LogP contribution in [0.15, 0.2) is 42.5 Å². The summed E-state index contributed by atoms with van der Waals surface area (Å²) in [7, 11) is 0. The molecule has 0 aromatic heterocycles. The Morgan fingerprint density at radius 3 is 2.50 bits per heavy atom. The number of hydrogen-bond donors (Lipinski definition) is 1. The molecule has 1 N–H and O–H groups in total. The summed E-state index contributed by atoms with van der Waals surface area (Å²) in [6.07, 6.45) is 0.800. The summed E-state index contributed by atoms with van der Waals surface area (Å²) in [5.74, 6) is -0.169. The van der Waals surface area contributed by atoms with Crippen LogP contribution >= 0.6 is 0 Å². The predicted octanol–water partition coefficient (Wildman–Crippen LogP) is 4.34. The summed E-state index contributed by atoms with van der Waals surface area (Å²) in [6.45, 7) is 7.24. The van der Waals surface area contributed by atoms with Gasteiger partial charge >= 0.3 is 0 Å². The van der Waals surface area contributed by atoms with Crippen LogP contribution in [0.4, 0.5) is 4.39 Å². The smallest absolute Gasteiger partial charge is 0.123 e. The van der Waals surface area contributed by atoms with E-state index in [-0.39, 0.29) is 11.9 Å². The molecule has 0 spiro atoms. The molecule has 2 aromatic rings. The van der Waals surface area contributed by atoms with Crippen molar-refractivity contribution in [2.24, 2.45) is 0 Å². The Balaban J connectivity index is 2.24. The summed E-state index contributed by atoms with van der Waals surface area (Å²) in [5, 5.41) is 3.49. The second kappa shape index (κ2) is 6.67. The second-order valence-corrected chi connectivity index (χ2v) is 5.29. The van der Waals surface area contributed by atoms with E-state index in [1.165, 1.54) is 22.8 Å². The molecule has 2 aromatic carbocycles. The van der Waals surface area contributed by atoms with Gasteiger partial charge in [0.15, 0.2) is 0 Å². The van der Waals surface area contributed by atoms with Crippen LogP contribution < -0.4 is 5.32 Å². The van der Waals surface area contributed by atoms with Gasteiger partial charge in [0.25, 0.3) is 0 Å². The molecule has 0 radical (unpaired) electrons. The van der Waals surface area contributed by atoms with E-state index in [1.807, 2.05) is 6.07 Å². The third kappa shape index (κ3) is 3.67. The van der Waals surface area contributed by atoms with E-state index in [9.17, 15) is 4.39 Å². The quantitative estimate of drug-likeness (QED) is 0.853. The van der Waals surface area contributed by atoms with E-state index in [1.54, 1.807) is 12.1 Å². The maximum absolute atomic E-state index is 13.3. The molecule has 1 atom stereocenters. The van der Waals surface area contributed by atoms with Gasteiger partial charge in [-0.3, -0.25) is 0 Å². The number of benzene rings is 2. The average Bonchev–Trinajstić information content (AvgIpc) is 2.41. The number of nitrogens with one attached hydrogen (secondary N) is 1. The lowest BCUT2D eigenvalue weighted by molar-refractivity contribution is 0.546. The van der Waals surface area contributed by atoms with Gasteiger partial charge in [-0.05, 0) is 61.2 Å². The Hall–Kier alpha value is -1.67. The van der Waals surface area contributed by atoms with Gasteiger partial charge < -0.3 is 5.32 Å². The van der Waals surface area contributed by atoms with Crippen LogP contribution in [-0.4, -0.2) is 6.54 Å². The third-order valence-corrected chi connectivity index (χ3v) is 3.71. The molecule has 0 saturated heterocycles. The highest BCUT2D eigenvalue weighted by Gasteiger charge is 2.12. The highest BCUT2D eigenvalue weighted by atomic mass is 19.1. The molecule has 1 nitrogen and oxygen atoms in total. The topological polar surface area (TPSA) is 12.0 Å². The molecule has 0 aliphatic rings. The molecule has 0 saturated carbocycles. The van der Waals surface area contributed by atoms with Crippen LogP contribution in [0.25, 0.3) is 0 Å².